The molecule has 9 nitrogen and oxygen atoms in total. The Hall–Kier alpha value is -0.880. The lowest BCUT2D eigenvalue weighted by atomic mass is 9.70. The maximum Gasteiger partial charge on any atom is 0.244 e. The molecular formula is C23H37BrN4O5S. The van der Waals surface area contributed by atoms with Crippen LogP contribution in [0.2, 0.25) is 0 Å². The molecule has 2 bridgehead atoms. The summed E-state index contributed by atoms with van der Waals surface area (Å²) in [6.45, 7) is 8.56. The topological polar surface area (TPSA) is 111 Å². The van der Waals surface area contributed by atoms with Gasteiger partial charge in [-0.2, -0.15) is 0 Å². The number of aliphatic hydroxyl groups is 1. The molecule has 4 fully saturated rings. The van der Waals surface area contributed by atoms with Gasteiger partial charge < -0.3 is 25.4 Å². The van der Waals surface area contributed by atoms with Crippen LogP contribution in [-0.4, -0.2) is 112 Å². The van der Waals surface area contributed by atoms with E-state index in [2.05, 4.69) is 31.5 Å². The third-order valence-electron chi connectivity index (χ3n) is 7.73. The standard InChI is InChI=1S/C23H37BrN4O5S/c1-3-5-25-20(30)16-17-22(32)28(14(4-2)13-29)19(23(17)12-15(24)18(16)34-23)21(31)26-6-7-27-8-10-33-11-9-27/h14-19,29H,3-13H2,1-2H3,(H,25,30)(H,26,31)/t14-,15?,16-,17-,18-,19?,23?/m0/s1. The van der Waals surface area contributed by atoms with Gasteiger partial charge in [-0.05, 0) is 19.3 Å². The van der Waals surface area contributed by atoms with Crippen molar-refractivity contribution in [3.8, 4) is 0 Å². The van der Waals surface area contributed by atoms with Crippen LogP contribution in [-0.2, 0) is 19.1 Å². The SMILES string of the molecule is CCCNC(=O)[C@H]1[C@H]2C(=O)N([C@@H](CC)CO)C(C(=O)NCCN3CCOCC3)C23CC(Br)[C@@H]1S3. The van der Waals surface area contributed by atoms with Crippen LogP contribution in [0.4, 0.5) is 0 Å². The third-order valence-corrected chi connectivity index (χ3v) is 11.0. The Morgan fingerprint density at radius 3 is 2.59 bits per heavy atom. The number of nitrogens with one attached hydrogen (secondary N) is 2. The number of halogens is 1. The van der Waals surface area contributed by atoms with Crippen LogP contribution in [0.1, 0.15) is 33.1 Å². The Morgan fingerprint density at radius 1 is 1.24 bits per heavy atom. The van der Waals surface area contributed by atoms with E-state index in [-0.39, 0.29) is 34.4 Å². The highest BCUT2D eigenvalue weighted by Crippen LogP contribution is 2.67. The molecule has 1 spiro atoms. The van der Waals surface area contributed by atoms with Crippen molar-refractivity contribution in [3.05, 3.63) is 0 Å². The lowest BCUT2D eigenvalue weighted by molar-refractivity contribution is -0.142. The minimum Gasteiger partial charge on any atom is -0.394 e. The second kappa shape index (κ2) is 11.0. The first-order chi connectivity index (χ1) is 16.4. The van der Waals surface area contributed by atoms with Crippen LogP contribution in [0.25, 0.3) is 0 Å². The van der Waals surface area contributed by atoms with Gasteiger partial charge >= 0.3 is 0 Å². The number of aliphatic hydroxyl groups excluding tert-OH is 1. The molecule has 0 saturated carbocycles. The van der Waals surface area contributed by atoms with Gasteiger partial charge in [-0.25, -0.2) is 0 Å². The van der Waals surface area contributed by atoms with Gasteiger partial charge in [-0.1, -0.05) is 29.8 Å². The second-order valence-corrected chi connectivity index (χ2v) is 12.4. The fourth-order valence-corrected chi connectivity index (χ4v) is 9.70. The first-order valence-corrected chi connectivity index (χ1v) is 14.3. The van der Waals surface area contributed by atoms with Crippen LogP contribution >= 0.6 is 27.7 Å². The monoisotopic (exact) mass is 560 g/mol. The van der Waals surface area contributed by atoms with E-state index in [9.17, 15) is 19.5 Å². The van der Waals surface area contributed by atoms with Crippen molar-refractivity contribution in [2.24, 2.45) is 11.8 Å². The van der Waals surface area contributed by atoms with Crippen molar-refractivity contribution in [3.63, 3.8) is 0 Å². The van der Waals surface area contributed by atoms with Crippen molar-refractivity contribution in [2.45, 2.75) is 60.0 Å². The Morgan fingerprint density at radius 2 is 1.94 bits per heavy atom. The zero-order chi connectivity index (χ0) is 24.5. The van der Waals surface area contributed by atoms with Crippen LogP contribution < -0.4 is 10.6 Å². The zero-order valence-electron chi connectivity index (χ0n) is 20.0. The molecule has 34 heavy (non-hydrogen) atoms. The quantitative estimate of drug-likeness (QED) is 0.327. The van der Waals surface area contributed by atoms with Crippen molar-refractivity contribution in [1.82, 2.24) is 20.4 Å². The van der Waals surface area contributed by atoms with Gasteiger partial charge in [0.1, 0.15) is 6.04 Å². The Bertz CT molecular complexity index is 780. The number of ether oxygens (including phenoxy) is 1. The van der Waals surface area contributed by atoms with E-state index in [1.165, 1.54) is 0 Å². The predicted molar refractivity (Wildman–Crippen MR) is 134 cm³/mol. The number of rotatable bonds is 10. The highest BCUT2D eigenvalue weighted by molar-refractivity contribution is 9.09. The zero-order valence-corrected chi connectivity index (χ0v) is 22.4. The first-order valence-electron chi connectivity index (χ1n) is 12.5. The van der Waals surface area contributed by atoms with Crippen LogP contribution in [0.5, 0.6) is 0 Å². The lowest BCUT2D eigenvalue weighted by Crippen LogP contribution is -2.57. The van der Waals surface area contributed by atoms with E-state index >= 15 is 0 Å². The predicted octanol–water partition coefficient (Wildman–Crippen LogP) is 0.197. The normalized spacial score (nSPS) is 35.9. The molecule has 3 N–H and O–H groups in total. The van der Waals surface area contributed by atoms with Gasteiger partial charge in [0.25, 0.3) is 0 Å². The van der Waals surface area contributed by atoms with Gasteiger partial charge in [0, 0.05) is 42.8 Å². The number of thioether (sulfide) groups is 1. The number of nitrogens with zero attached hydrogens (tertiary/aromatic N) is 2. The highest BCUT2D eigenvalue weighted by Gasteiger charge is 2.76. The van der Waals surface area contributed by atoms with Gasteiger partial charge in [-0.3, -0.25) is 19.3 Å². The van der Waals surface area contributed by atoms with E-state index in [4.69, 9.17) is 4.74 Å². The maximum atomic E-state index is 13.9. The fraction of sp³-hybridized carbons (Fsp3) is 0.870. The number of hydrogen-bond donors (Lipinski definition) is 3. The molecule has 0 aromatic carbocycles. The van der Waals surface area contributed by atoms with Crippen LogP contribution in [0.15, 0.2) is 0 Å². The summed E-state index contributed by atoms with van der Waals surface area (Å²) >= 11 is 5.40. The summed E-state index contributed by atoms with van der Waals surface area (Å²) in [5.74, 6) is -1.48. The molecule has 7 atom stereocenters. The summed E-state index contributed by atoms with van der Waals surface area (Å²) in [6, 6.07) is -1.15. The molecule has 4 heterocycles. The number of carbonyl (C=O) groups excluding carboxylic acids is 3. The summed E-state index contributed by atoms with van der Waals surface area (Å²) in [5, 5.41) is 16.1. The number of fused-ring (bicyclic) bond motifs is 1. The largest absolute Gasteiger partial charge is 0.394 e. The molecule has 3 amide bonds. The van der Waals surface area contributed by atoms with E-state index in [0.29, 0.717) is 39.1 Å². The Labute approximate surface area is 214 Å². The minimum atomic E-state index is -0.703. The lowest BCUT2D eigenvalue weighted by Gasteiger charge is -2.37. The third kappa shape index (κ3) is 4.51. The molecule has 4 aliphatic heterocycles. The van der Waals surface area contributed by atoms with Gasteiger partial charge in [0.05, 0.1) is 42.4 Å². The number of morpholine rings is 1. The Kier molecular flexibility index (Phi) is 8.49. The van der Waals surface area contributed by atoms with E-state index in [0.717, 1.165) is 26.1 Å². The molecule has 0 radical (unpaired) electrons. The minimum absolute atomic E-state index is 0.0502. The van der Waals surface area contributed by atoms with Crippen molar-refractivity contribution in [2.75, 3.05) is 52.5 Å². The highest BCUT2D eigenvalue weighted by atomic mass is 79.9. The molecule has 11 heteroatoms. The molecule has 192 valence electrons. The molecular weight excluding hydrogens is 524 g/mol. The summed E-state index contributed by atoms with van der Waals surface area (Å²) in [5.41, 5.74) is 0. The van der Waals surface area contributed by atoms with E-state index in [1.807, 2.05) is 13.8 Å². The number of likely N-dealkylation sites (tertiary alicyclic amines) is 1. The van der Waals surface area contributed by atoms with Crippen LogP contribution in [0, 0.1) is 11.8 Å². The molecule has 0 aromatic heterocycles. The average molecular weight is 562 g/mol. The molecule has 0 aliphatic carbocycles. The number of alkyl halides is 1. The van der Waals surface area contributed by atoms with Crippen LogP contribution in [0.3, 0.4) is 0 Å². The van der Waals surface area contributed by atoms with E-state index in [1.54, 1.807) is 16.7 Å². The molecule has 0 aromatic rings. The molecule has 3 unspecified atom stereocenters. The fourth-order valence-electron chi connectivity index (χ4n) is 6.10. The van der Waals surface area contributed by atoms with Gasteiger partial charge in [0.15, 0.2) is 0 Å². The summed E-state index contributed by atoms with van der Waals surface area (Å²) in [6.07, 6.45) is 2.01. The van der Waals surface area contributed by atoms with Crippen molar-refractivity contribution in [1.29, 1.82) is 0 Å². The van der Waals surface area contributed by atoms with Crippen molar-refractivity contribution < 1.29 is 24.2 Å². The number of amides is 3. The Balaban J connectivity index is 1.58. The summed E-state index contributed by atoms with van der Waals surface area (Å²) in [4.78, 5) is 44.7. The first kappa shape index (κ1) is 26.2. The second-order valence-electron chi connectivity index (χ2n) is 9.69. The number of hydrogen-bond acceptors (Lipinski definition) is 7. The van der Waals surface area contributed by atoms with Gasteiger partial charge in [0.2, 0.25) is 17.7 Å². The summed E-state index contributed by atoms with van der Waals surface area (Å²) < 4.78 is 4.72. The molecule has 4 saturated heterocycles. The molecule has 4 rings (SSSR count). The number of carbonyl (C=O) groups is 3. The van der Waals surface area contributed by atoms with Crippen molar-refractivity contribution >= 4 is 45.4 Å². The molecule has 4 aliphatic rings. The van der Waals surface area contributed by atoms with E-state index < -0.39 is 28.7 Å². The maximum absolute atomic E-state index is 13.9. The smallest absolute Gasteiger partial charge is 0.244 e. The summed E-state index contributed by atoms with van der Waals surface area (Å²) in [7, 11) is 0. The average Bonchev–Trinajstić information content (AvgIpc) is 3.43. The van der Waals surface area contributed by atoms with Gasteiger partial charge in [-0.15, -0.1) is 11.8 Å².